The molecule has 0 radical (unpaired) electrons. The van der Waals surface area contributed by atoms with Crippen LogP contribution < -0.4 is 11.1 Å². The molecule has 4 heteroatoms. The average molecular weight is 264 g/mol. The number of ketones is 1. The van der Waals surface area contributed by atoms with Gasteiger partial charge in [-0.25, -0.2) is 0 Å². The Morgan fingerprint density at radius 3 is 2.21 bits per heavy atom. The molecule has 1 amide bonds. The summed E-state index contributed by atoms with van der Waals surface area (Å²) < 4.78 is 0. The summed E-state index contributed by atoms with van der Waals surface area (Å²) in [4.78, 5) is 22.7. The normalized spacial score (nSPS) is 12.7. The zero-order valence-electron chi connectivity index (χ0n) is 12.1. The van der Waals surface area contributed by atoms with Crippen molar-refractivity contribution < 1.29 is 9.59 Å². The topological polar surface area (TPSA) is 72.2 Å². The molecular weight excluding hydrogens is 240 g/mol. The summed E-state index contributed by atoms with van der Waals surface area (Å²) in [5.41, 5.74) is 6.78. The Labute approximate surface area is 115 Å². The molecule has 3 N–H and O–H groups in total. The first-order valence-corrected chi connectivity index (χ1v) is 6.61. The molecule has 0 heterocycles. The molecule has 0 aromatic heterocycles. The third kappa shape index (κ3) is 6.72. The molecule has 0 aliphatic rings. The maximum absolute atomic E-state index is 11.7. The van der Waals surface area contributed by atoms with Crippen LogP contribution in [0.1, 0.15) is 33.3 Å². The number of benzene rings is 1. The van der Waals surface area contributed by atoms with Crippen molar-refractivity contribution in [1.29, 1.82) is 0 Å². The van der Waals surface area contributed by atoms with Crippen LogP contribution in [0.3, 0.4) is 0 Å². The lowest BCUT2D eigenvalue weighted by atomic mass is 10.1. The van der Waals surface area contributed by atoms with Crippen LogP contribution in [0, 0.1) is 0 Å². The van der Waals surface area contributed by atoms with Gasteiger partial charge in [0.15, 0.2) is 5.78 Å². The fraction of sp³-hybridized carbons (Fsp3) is 0.467. The first-order chi connectivity index (χ1) is 9.00. The largest absolute Gasteiger partial charge is 0.345 e. The van der Waals surface area contributed by atoms with Gasteiger partial charge in [-0.05, 0) is 25.8 Å². The van der Waals surface area contributed by atoms with Gasteiger partial charge in [-0.1, -0.05) is 44.2 Å². The van der Waals surface area contributed by atoms with Crippen LogP contribution in [0.2, 0.25) is 0 Å². The molecule has 106 valence electrons. The second-order valence-electron chi connectivity index (χ2n) is 4.14. The average Bonchev–Trinajstić information content (AvgIpc) is 2.41. The third-order valence-corrected chi connectivity index (χ3v) is 2.60. The highest BCUT2D eigenvalue weighted by Crippen LogP contribution is 2.02. The van der Waals surface area contributed by atoms with Crippen LogP contribution in [-0.4, -0.2) is 23.8 Å². The number of nitrogens with one attached hydrogen (secondary N) is 1. The van der Waals surface area contributed by atoms with E-state index in [0.29, 0.717) is 6.42 Å². The number of carbonyl (C=O) groups is 2. The van der Waals surface area contributed by atoms with E-state index >= 15 is 0 Å². The predicted molar refractivity (Wildman–Crippen MR) is 77.8 cm³/mol. The molecule has 1 rings (SSSR count). The Bertz CT molecular complexity index is 390. The van der Waals surface area contributed by atoms with Crippen LogP contribution in [0.25, 0.3) is 0 Å². The molecule has 0 fully saturated rings. The lowest BCUT2D eigenvalue weighted by Gasteiger charge is -2.15. The van der Waals surface area contributed by atoms with Crippen molar-refractivity contribution >= 4 is 11.7 Å². The smallest absolute Gasteiger partial charge is 0.237 e. The fourth-order valence-corrected chi connectivity index (χ4v) is 1.38. The van der Waals surface area contributed by atoms with Crippen LogP contribution in [0.4, 0.5) is 0 Å². The van der Waals surface area contributed by atoms with Crippen molar-refractivity contribution in [2.45, 2.75) is 46.2 Å². The summed E-state index contributed by atoms with van der Waals surface area (Å²) in [6, 6.07) is 8.44. The van der Waals surface area contributed by atoms with Crippen LogP contribution in [0.5, 0.6) is 0 Å². The fourth-order valence-electron chi connectivity index (χ4n) is 1.38. The van der Waals surface area contributed by atoms with Crippen molar-refractivity contribution in [2.75, 3.05) is 0 Å². The van der Waals surface area contributed by atoms with Gasteiger partial charge in [0.2, 0.25) is 5.91 Å². The maximum Gasteiger partial charge on any atom is 0.237 e. The maximum atomic E-state index is 11.7. The molecule has 0 aliphatic heterocycles. The van der Waals surface area contributed by atoms with Gasteiger partial charge in [0.1, 0.15) is 0 Å². The van der Waals surface area contributed by atoms with Gasteiger partial charge in [-0.2, -0.15) is 0 Å². The first-order valence-electron chi connectivity index (χ1n) is 6.61. The minimum Gasteiger partial charge on any atom is -0.345 e. The standard InChI is InChI=1S/C13H18N2O2.C2H6/c1-9(10(2)16)15-13(17)12(14)8-11-6-4-3-5-7-11;1-2/h3-7,9,12H,8,14H2,1-2H3,(H,15,17);1-2H3. The zero-order chi connectivity index (χ0) is 14.8. The van der Waals surface area contributed by atoms with Crippen molar-refractivity contribution in [3.63, 3.8) is 0 Å². The highest BCUT2D eigenvalue weighted by molar-refractivity contribution is 5.89. The van der Waals surface area contributed by atoms with Gasteiger partial charge in [-0.3, -0.25) is 9.59 Å². The van der Waals surface area contributed by atoms with E-state index in [-0.39, 0.29) is 11.7 Å². The molecule has 0 bridgehead atoms. The van der Waals surface area contributed by atoms with E-state index in [2.05, 4.69) is 5.32 Å². The molecule has 4 nitrogen and oxygen atoms in total. The van der Waals surface area contributed by atoms with Gasteiger partial charge >= 0.3 is 0 Å². The quantitative estimate of drug-likeness (QED) is 0.850. The highest BCUT2D eigenvalue weighted by Gasteiger charge is 2.17. The van der Waals surface area contributed by atoms with E-state index in [9.17, 15) is 9.59 Å². The van der Waals surface area contributed by atoms with Crippen molar-refractivity contribution in [3.05, 3.63) is 35.9 Å². The molecule has 19 heavy (non-hydrogen) atoms. The lowest BCUT2D eigenvalue weighted by Crippen LogP contribution is -2.47. The summed E-state index contributed by atoms with van der Waals surface area (Å²) in [6.07, 6.45) is 0.470. The summed E-state index contributed by atoms with van der Waals surface area (Å²) in [5, 5.41) is 2.59. The summed E-state index contributed by atoms with van der Waals surface area (Å²) >= 11 is 0. The number of hydrogen-bond acceptors (Lipinski definition) is 3. The Morgan fingerprint density at radius 1 is 1.21 bits per heavy atom. The third-order valence-electron chi connectivity index (χ3n) is 2.60. The van der Waals surface area contributed by atoms with Gasteiger partial charge in [0.05, 0.1) is 12.1 Å². The number of nitrogens with two attached hydrogens (primary N) is 1. The van der Waals surface area contributed by atoms with Crippen molar-refractivity contribution in [1.82, 2.24) is 5.32 Å². The number of carbonyl (C=O) groups excluding carboxylic acids is 2. The highest BCUT2D eigenvalue weighted by atomic mass is 16.2. The van der Waals surface area contributed by atoms with Crippen molar-refractivity contribution in [3.8, 4) is 0 Å². The monoisotopic (exact) mass is 264 g/mol. The molecule has 0 aliphatic carbocycles. The predicted octanol–water partition coefficient (Wildman–Crippen LogP) is 1.68. The molecule has 0 spiro atoms. The van der Waals surface area contributed by atoms with Crippen LogP contribution in [0.15, 0.2) is 30.3 Å². The van der Waals surface area contributed by atoms with Gasteiger partial charge in [0.25, 0.3) is 0 Å². The molecule has 1 aromatic rings. The van der Waals surface area contributed by atoms with Crippen molar-refractivity contribution in [2.24, 2.45) is 5.73 Å². The minimum absolute atomic E-state index is 0.0785. The van der Waals surface area contributed by atoms with Crippen LogP contribution >= 0.6 is 0 Å². The lowest BCUT2D eigenvalue weighted by molar-refractivity contribution is -0.127. The second-order valence-corrected chi connectivity index (χ2v) is 4.14. The number of Topliss-reactive ketones (excluding diaryl/α,β-unsaturated/α-hetero) is 1. The Balaban J connectivity index is 0.00000154. The van der Waals surface area contributed by atoms with E-state index < -0.39 is 12.1 Å². The zero-order valence-corrected chi connectivity index (χ0v) is 12.1. The molecule has 0 saturated heterocycles. The summed E-state index contributed by atoms with van der Waals surface area (Å²) in [5.74, 6) is -0.373. The van der Waals surface area contributed by atoms with Gasteiger partial charge in [0, 0.05) is 0 Å². The second kappa shape index (κ2) is 9.28. The molecule has 2 unspecified atom stereocenters. The minimum atomic E-state index is -0.626. The summed E-state index contributed by atoms with van der Waals surface area (Å²) in [7, 11) is 0. The number of hydrogen-bond donors (Lipinski definition) is 2. The van der Waals surface area contributed by atoms with E-state index in [0.717, 1.165) is 5.56 Å². The Hall–Kier alpha value is -1.68. The van der Waals surface area contributed by atoms with Gasteiger partial charge < -0.3 is 11.1 Å². The summed E-state index contributed by atoms with van der Waals surface area (Å²) in [6.45, 7) is 7.09. The van der Waals surface area contributed by atoms with Crippen LogP contribution in [-0.2, 0) is 16.0 Å². The van der Waals surface area contributed by atoms with E-state index in [1.807, 2.05) is 44.2 Å². The number of amides is 1. The van der Waals surface area contributed by atoms with E-state index in [4.69, 9.17) is 5.73 Å². The Morgan fingerprint density at radius 2 is 1.74 bits per heavy atom. The number of rotatable bonds is 5. The first kappa shape index (κ1) is 17.3. The molecular formula is C15H24N2O2. The van der Waals surface area contributed by atoms with E-state index in [1.165, 1.54) is 6.92 Å². The molecule has 0 saturated carbocycles. The molecule has 2 atom stereocenters. The SMILES string of the molecule is CC.CC(=O)C(C)NC(=O)C(N)Cc1ccccc1. The molecule has 1 aromatic carbocycles. The Kier molecular flexibility index (Phi) is 8.46. The van der Waals surface area contributed by atoms with E-state index in [1.54, 1.807) is 6.92 Å². The van der Waals surface area contributed by atoms with Gasteiger partial charge in [-0.15, -0.1) is 0 Å².